The molecule has 0 amide bonds. The van der Waals surface area contributed by atoms with Crippen LogP contribution >= 0.6 is 0 Å². The summed E-state index contributed by atoms with van der Waals surface area (Å²) in [6.07, 6.45) is 2.80. The van der Waals surface area contributed by atoms with Crippen molar-refractivity contribution in [1.82, 2.24) is 10.3 Å². The van der Waals surface area contributed by atoms with Crippen LogP contribution in [0.3, 0.4) is 0 Å². The van der Waals surface area contributed by atoms with Crippen molar-refractivity contribution in [2.75, 3.05) is 12.8 Å². The average molecular weight is 296 g/mol. The fourth-order valence-corrected chi connectivity index (χ4v) is 2.16. The Morgan fingerprint density at radius 3 is 2.60 bits per heavy atom. The Labute approximate surface area is 117 Å². The highest BCUT2D eigenvalue weighted by molar-refractivity contribution is 7.90. The molecule has 0 spiro atoms. The van der Waals surface area contributed by atoms with Crippen LogP contribution in [0.15, 0.2) is 39.8 Å². The third-order valence-electron chi connectivity index (χ3n) is 2.54. The highest BCUT2D eigenvalue weighted by atomic mass is 32.2. The standard InChI is InChI=1S/C13H16N2O4S/c1-3-14-8-10-9-18-13(15-10)19-11-4-6-12(7-5-11)20(2,16)17/h4-7,9,14H,3,8H2,1-2H3. The smallest absolute Gasteiger partial charge is 0.399 e. The van der Waals surface area contributed by atoms with E-state index in [2.05, 4.69) is 10.3 Å². The summed E-state index contributed by atoms with van der Waals surface area (Å²) < 4.78 is 33.2. The van der Waals surface area contributed by atoms with Crippen LogP contribution in [-0.4, -0.2) is 26.2 Å². The van der Waals surface area contributed by atoms with Crippen LogP contribution < -0.4 is 10.1 Å². The monoisotopic (exact) mass is 296 g/mol. The van der Waals surface area contributed by atoms with Gasteiger partial charge in [-0.25, -0.2) is 8.42 Å². The minimum absolute atomic E-state index is 0.130. The number of nitrogens with one attached hydrogen (secondary N) is 1. The van der Waals surface area contributed by atoms with Gasteiger partial charge in [0.2, 0.25) is 0 Å². The zero-order valence-electron chi connectivity index (χ0n) is 11.3. The zero-order valence-corrected chi connectivity index (χ0v) is 12.1. The fourth-order valence-electron chi connectivity index (χ4n) is 1.53. The number of hydrogen-bond donors (Lipinski definition) is 1. The lowest BCUT2D eigenvalue weighted by molar-refractivity contribution is 0.330. The van der Waals surface area contributed by atoms with Crippen LogP contribution in [0.2, 0.25) is 0 Å². The van der Waals surface area contributed by atoms with E-state index in [0.717, 1.165) is 18.5 Å². The number of ether oxygens (including phenoxy) is 1. The van der Waals surface area contributed by atoms with Gasteiger partial charge >= 0.3 is 6.08 Å². The van der Waals surface area contributed by atoms with Crippen molar-refractivity contribution >= 4 is 9.84 Å². The molecule has 2 aromatic rings. The molecule has 0 unspecified atom stereocenters. The van der Waals surface area contributed by atoms with E-state index < -0.39 is 9.84 Å². The van der Waals surface area contributed by atoms with Gasteiger partial charge in [-0.05, 0) is 30.8 Å². The summed E-state index contributed by atoms with van der Waals surface area (Å²) in [7, 11) is -3.20. The Hall–Kier alpha value is -1.86. The summed E-state index contributed by atoms with van der Waals surface area (Å²) in [4.78, 5) is 4.39. The highest BCUT2D eigenvalue weighted by Crippen LogP contribution is 2.22. The van der Waals surface area contributed by atoms with Crippen molar-refractivity contribution in [1.29, 1.82) is 0 Å². The van der Waals surface area contributed by atoms with Crippen molar-refractivity contribution in [3.05, 3.63) is 36.2 Å². The van der Waals surface area contributed by atoms with Crippen LogP contribution in [0.1, 0.15) is 12.6 Å². The van der Waals surface area contributed by atoms with Crippen molar-refractivity contribution in [2.24, 2.45) is 0 Å². The molecule has 1 aromatic carbocycles. The maximum absolute atomic E-state index is 11.3. The van der Waals surface area contributed by atoms with Gasteiger partial charge in [0, 0.05) is 12.8 Å². The molecule has 108 valence electrons. The third-order valence-corrected chi connectivity index (χ3v) is 3.67. The van der Waals surface area contributed by atoms with Crippen molar-refractivity contribution in [3.63, 3.8) is 0 Å². The molecule has 0 atom stereocenters. The Balaban J connectivity index is 2.05. The largest absolute Gasteiger partial charge is 0.417 e. The molecule has 0 saturated heterocycles. The molecule has 1 N–H and O–H groups in total. The lowest BCUT2D eigenvalue weighted by Gasteiger charge is -2.02. The molecule has 0 fully saturated rings. The lowest BCUT2D eigenvalue weighted by atomic mass is 10.3. The number of oxazole rings is 1. The highest BCUT2D eigenvalue weighted by Gasteiger charge is 2.09. The van der Waals surface area contributed by atoms with E-state index in [-0.39, 0.29) is 11.0 Å². The number of benzene rings is 1. The number of rotatable bonds is 6. The van der Waals surface area contributed by atoms with Gasteiger partial charge in [0.15, 0.2) is 9.84 Å². The minimum atomic E-state index is -3.20. The Kier molecular flexibility index (Phi) is 4.41. The first-order valence-electron chi connectivity index (χ1n) is 6.12. The van der Waals surface area contributed by atoms with E-state index >= 15 is 0 Å². The molecule has 0 aliphatic rings. The van der Waals surface area contributed by atoms with Crippen LogP contribution in [0, 0.1) is 0 Å². The molecule has 2 rings (SSSR count). The normalized spacial score (nSPS) is 11.5. The SMILES string of the molecule is CCNCc1coc(Oc2ccc(S(C)(=O)=O)cc2)n1. The first-order chi connectivity index (χ1) is 9.49. The number of nitrogens with zero attached hydrogens (tertiary/aromatic N) is 1. The average Bonchev–Trinajstić information content (AvgIpc) is 2.83. The van der Waals surface area contributed by atoms with Gasteiger partial charge in [-0.15, -0.1) is 0 Å². The van der Waals surface area contributed by atoms with Crippen molar-refractivity contribution < 1.29 is 17.6 Å². The summed E-state index contributed by atoms with van der Waals surface area (Å²) in [5.74, 6) is 0.467. The molecule has 20 heavy (non-hydrogen) atoms. The molecular formula is C13H16N2O4S. The lowest BCUT2D eigenvalue weighted by Crippen LogP contribution is -2.11. The fraction of sp³-hybridized carbons (Fsp3) is 0.308. The Bertz CT molecular complexity index is 662. The van der Waals surface area contributed by atoms with Gasteiger partial charge < -0.3 is 14.5 Å². The van der Waals surface area contributed by atoms with Crippen LogP contribution in [0.5, 0.6) is 11.8 Å². The molecule has 1 aromatic heterocycles. The quantitative estimate of drug-likeness (QED) is 0.877. The maximum atomic E-state index is 11.3. The predicted molar refractivity (Wildman–Crippen MR) is 73.5 cm³/mol. The number of aromatic nitrogens is 1. The summed E-state index contributed by atoms with van der Waals surface area (Å²) in [5.41, 5.74) is 0.745. The second-order valence-corrected chi connectivity index (χ2v) is 6.25. The minimum Gasteiger partial charge on any atom is -0.417 e. The third kappa shape index (κ3) is 3.82. The van der Waals surface area contributed by atoms with Crippen LogP contribution in [0.4, 0.5) is 0 Å². The summed E-state index contributed by atoms with van der Waals surface area (Å²) >= 11 is 0. The molecule has 0 aliphatic carbocycles. The van der Waals surface area contributed by atoms with E-state index in [1.165, 1.54) is 18.4 Å². The first kappa shape index (κ1) is 14.5. The van der Waals surface area contributed by atoms with E-state index in [9.17, 15) is 8.42 Å². The molecule has 0 saturated carbocycles. The molecule has 0 bridgehead atoms. The second-order valence-electron chi connectivity index (χ2n) is 4.23. The Morgan fingerprint density at radius 2 is 2.00 bits per heavy atom. The van der Waals surface area contributed by atoms with E-state index in [1.807, 2.05) is 6.92 Å². The summed E-state index contributed by atoms with van der Waals surface area (Å²) in [5, 5.41) is 3.12. The first-order valence-corrected chi connectivity index (χ1v) is 8.01. The summed E-state index contributed by atoms with van der Waals surface area (Å²) in [6.45, 7) is 3.45. The van der Waals surface area contributed by atoms with E-state index in [4.69, 9.17) is 9.15 Å². The molecule has 1 heterocycles. The number of hydrogen-bond acceptors (Lipinski definition) is 6. The van der Waals surface area contributed by atoms with Crippen LogP contribution in [-0.2, 0) is 16.4 Å². The predicted octanol–water partition coefficient (Wildman–Crippen LogP) is 1.98. The number of sulfone groups is 1. The van der Waals surface area contributed by atoms with E-state index in [0.29, 0.717) is 12.3 Å². The molecule has 6 nitrogen and oxygen atoms in total. The maximum Gasteiger partial charge on any atom is 0.399 e. The van der Waals surface area contributed by atoms with Crippen molar-refractivity contribution in [2.45, 2.75) is 18.4 Å². The van der Waals surface area contributed by atoms with Gasteiger partial charge in [0.05, 0.1) is 10.6 Å². The van der Waals surface area contributed by atoms with Crippen molar-refractivity contribution in [3.8, 4) is 11.8 Å². The second kappa shape index (κ2) is 6.06. The van der Waals surface area contributed by atoms with Gasteiger partial charge in [-0.2, -0.15) is 4.98 Å². The van der Waals surface area contributed by atoms with Gasteiger partial charge in [0.25, 0.3) is 0 Å². The van der Waals surface area contributed by atoms with Gasteiger partial charge in [-0.1, -0.05) is 6.92 Å². The summed E-state index contributed by atoms with van der Waals surface area (Å²) in [6, 6.07) is 6.08. The Morgan fingerprint density at radius 1 is 1.30 bits per heavy atom. The topological polar surface area (TPSA) is 81.4 Å². The molecule has 0 radical (unpaired) electrons. The molecular weight excluding hydrogens is 280 g/mol. The molecule has 0 aliphatic heterocycles. The van der Waals surface area contributed by atoms with Crippen LogP contribution in [0.25, 0.3) is 0 Å². The molecule has 7 heteroatoms. The van der Waals surface area contributed by atoms with Gasteiger partial charge in [-0.3, -0.25) is 0 Å². The zero-order chi connectivity index (χ0) is 14.6. The van der Waals surface area contributed by atoms with E-state index in [1.54, 1.807) is 12.1 Å². The van der Waals surface area contributed by atoms with Gasteiger partial charge in [0.1, 0.15) is 12.0 Å².